The standard InChI is InChI=1S/C21H26FN3O4S/c1-29-20-5-3-2-4-19(20)21(26)24(16-17-6-8-18(22)9-7-17)14-15-30(27,28)25-12-10-23-11-13-25/h2-9,23H,10-16H2,1H3. The number of nitrogens with zero attached hydrogens (tertiary/aromatic N) is 2. The van der Waals surface area contributed by atoms with E-state index in [1.54, 1.807) is 36.4 Å². The number of ether oxygens (including phenoxy) is 1. The summed E-state index contributed by atoms with van der Waals surface area (Å²) in [5.74, 6) is -0.485. The molecule has 1 aliphatic rings. The third kappa shape index (κ3) is 5.56. The van der Waals surface area contributed by atoms with E-state index in [0.717, 1.165) is 0 Å². The van der Waals surface area contributed by atoms with Gasteiger partial charge in [-0.05, 0) is 29.8 Å². The van der Waals surface area contributed by atoms with Crippen molar-refractivity contribution >= 4 is 15.9 Å². The number of carbonyl (C=O) groups is 1. The summed E-state index contributed by atoms with van der Waals surface area (Å²) in [6.45, 7) is 2.23. The molecule has 3 rings (SSSR count). The van der Waals surface area contributed by atoms with E-state index in [1.807, 2.05) is 0 Å². The topological polar surface area (TPSA) is 79.0 Å². The lowest BCUT2D eigenvalue weighted by molar-refractivity contribution is 0.0750. The average Bonchev–Trinajstić information content (AvgIpc) is 2.78. The predicted molar refractivity (Wildman–Crippen MR) is 112 cm³/mol. The second-order valence-electron chi connectivity index (χ2n) is 7.02. The zero-order valence-corrected chi connectivity index (χ0v) is 17.7. The minimum Gasteiger partial charge on any atom is -0.496 e. The number of hydrogen-bond acceptors (Lipinski definition) is 5. The van der Waals surface area contributed by atoms with Crippen LogP contribution in [0.25, 0.3) is 0 Å². The van der Waals surface area contributed by atoms with Crippen LogP contribution in [0.3, 0.4) is 0 Å². The lowest BCUT2D eigenvalue weighted by atomic mass is 10.1. The highest BCUT2D eigenvalue weighted by Crippen LogP contribution is 2.21. The number of methoxy groups -OCH3 is 1. The molecule has 0 unspecified atom stereocenters. The molecule has 0 spiro atoms. The first-order chi connectivity index (χ1) is 14.4. The number of halogens is 1. The number of hydrogen-bond donors (Lipinski definition) is 1. The summed E-state index contributed by atoms with van der Waals surface area (Å²) in [6.07, 6.45) is 0. The van der Waals surface area contributed by atoms with E-state index in [0.29, 0.717) is 43.1 Å². The molecule has 30 heavy (non-hydrogen) atoms. The number of nitrogens with one attached hydrogen (secondary N) is 1. The van der Waals surface area contributed by atoms with Gasteiger partial charge in [0.05, 0.1) is 18.4 Å². The molecule has 0 aromatic heterocycles. The predicted octanol–water partition coefficient (Wildman–Crippen LogP) is 1.71. The quantitative estimate of drug-likeness (QED) is 0.683. The van der Waals surface area contributed by atoms with E-state index in [9.17, 15) is 17.6 Å². The van der Waals surface area contributed by atoms with E-state index in [1.165, 1.54) is 28.4 Å². The van der Waals surface area contributed by atoms with Gasteiger partial charge in [0.25, 0.3) is 5.91 Å². The van der Waals surface area contributed by atoms with Crippen molar-refractivity contribution in [3.63, 3.8) is 0 Å². The van der Waals surface area contributed by atoms with Crippen molar-refractivity contribution in [1.29, 1.82) is 0 Å². The molecule has 162 valence electrons. The molecule has 1 aliphatic heterocycles. The molecule has 1 amide bonds. The number of para-hydroxylation sites is 1. The van der Waals surface area contributed by atoms with Crippen molar-refractivity contribution < 1.29 is 22.3 Å². The van der Waals surface area contributed by atoms with Crippen LogP contribution < -0.4 is 10.1 Å². The Morgan fingerprint density at radius 3 is 2.47 bits per heavy atom. The molecule has 1 saturated heterocycles. The van der Waals surface area contributed by atoms with Crippen LogP contribution in [0.15, 0.2) is 48.5 Å². The summed E-state index contributed by atoms with van der Waals surface area (Å²) in [7, 11) is -2.02. The van der Waals surface area contributed by atoms with Gasteiger partial charge in [0.2, 0.25) is 10.0 Å². The molecular formula is C21H26FN3O4S. The number of carbonyl (C=O) groups excluding carboxylic acids is 1. The normalized spacial score (nSPS) is 15.0. The summed E-state index contributed by atoms with van der Waals surface area (Å²) in [4.78, 5) is 14.7. The molecular weight excluding hydrogens is 409 g/mol. The number of amides is 1. The first-order valence-electron chi connectivity index (χ1n) is 9.76. The highest BCUT2D eigenvalue weighted by molar-refractivity contribution is 7.89. The first kappa shape index (κ1) is 22.2. The van der Waals surface area contributed by atoms with Gasteiger partial charge in [-0.2, -0.15) is 4.31 Å². The minimum absolute atomic E-state index is 0.0144. The Hall–Kier alpha value is -2.49. The van der Waals surface area contributed by atoms with Gasteiger partial charge in [0.15, 0.2) is 0 Å². The highest BCUT2D eigenvalue weighted by Gasteiger charge is 2.27. The van der Waals surface area contributed by atoms with E-state index < -0.39 is 10.0 Å². The fraction of sp³-hybridized carbons (Fsp3) is 0.381. The Morgan fingerprint density at radius 1 is 1.13 bits per heavy atom. The number of sulfonamides is 1. The Morgan fingerprint density at radius 2 is 1.80 bits per heavy atom. The van der Waals surface area contributed by atoms with Crippen LogP contribution in [0.1, 0.15) is 15.9 Å². The molecule has 1 heterocycles. The number of piperazine rings is 1. The van der Waals surface area contributed by atoms with Gasteiger partial charge in [0.1, 0.15) is 11.6 Å². The van der Waals surface area contributed by atoms with Crippen LogP contribution in [-0.4, -0.2) is 69.1 Å². The highest BCUT2D eigenvalue weighted by atomic mass is 32.2. The van der Waals surface area contributed by atoms with Crippen LogP contribution in [0, 0.1) is 5.82 Å². The molecule has 0 bridgehead atoms. The molecule has 0 atom stereocenters. The van der Waals surface area contributed by atoms with Gasteiger partial charge in [-0.3, -0.25) is 4.79 Å². The first-order valence-corrected chi connectivity index (χ1v) is 11.4. The summed E-state index contributed by atoms with van der Waals surface area (Å²) in [6, 6.07) is 12.6. The lowest BCUT2D eigenvalue weighted by Crippen LogP contribution is -2.48. The molecule has 1 fully saturated rings. The molecule has 9 heteroatoms. The molecule has 2 aromatic rings. The van der Waals surface area contributed by atoms with Crippen molar-refractivity contribution in [2.75, 3.05) is 45.6 Å². The van der Waals surface area contributed by atoms with Gasteiger partial charge in [-0.1, -0.05) is 24.3 Å². The number of benzene rings is 2. The molecule has 1 N–H and O–H groups in total. The van der Waals surface area contributed by atoms with E-state index in [4.69, 9.17) is 4.74 Å². The average molecular weight is 436 g/mol. The van der Waals surface area contributed by atoms with Crippen LogP contribution in [0.4, 0.5) is 4.39 Å². The van der Waals surface area contributed by atoms with Crippen LogP contribution >= 0.6 is 0 Å². The molecule has 0 radical (unpaired) electrons. The number of rotatable bonds is 8. The zero-order valence-electron chi connectivity index (χ0n) is 16.9. The maximum atomic E-state index is 13.3. The Bertz CT molecular complexity index is 960. The van der Waals surface area contributed by atoms with Gasteiger partial charge in [-0.25, -0.2) is 12.8 Å². The van der Waals surface area contributed by atoms with Crippen molar-refractivity contribution in [3.8, 4) is 5.75 Å². The Kier molecular flexibility index (Phi) is 7.41. The molecule has 0 saturated carbocycles. The Balaban J connectivity index is 1.81. The van der Waals surface area contributed by atoms with Crippen LogP contribution in [0.2, 0.25) is 0 Å². The fourth-order valence-electron chi connectivity index (χ4n) is 3.33. The second kappa shape index (κ2) is 10.0. The van der Waals surface area contributed by atoms with Gasteiger partial charge < -0.3 is 15.0 Å². The summed E-state index contributed by atoms with van der Waals surface area (Å²) >= 11 is 0. The Labute approximate surface area is 176 Å². The van der Waals surface area contributed by atoms with Crippen molar-refractivity contribution in [2.24, 2.45) is 0 Å². The van der Waals surface area contributed by atoms with Crippen molar-refractivity contribution in [1.82, 2.24) is 14.5 Å². The molecule has 2 aromatic carbocycles. The van der Waals surface area contributed by atoms with Gasteiger partial charge in [-0.15, -0.1) is 0 Å². The zero-order chi connectivity index (χ0) is 21.6. The van der Waals surface area contributed by atoms with Crippen molar-refractivity contribution in [3.05, 3.63) is 65.5 Å². The SMILES string of the molecule is COc1ccccc1C(=O)N(CCS(=O)(=O)N1CCNCC1)Cc1ccc(F)cc1. The van der Waals surface area contributed by atoms with Gasteiger partial charge >= 0.3 is 0 Å². The third-order valence-electron chi connectivity index (χ3n) is 5.00. The minimum atomic E-state index is -3.50. The van der Waals surface area contributed by atoms with E-state index >= 15 is 0 Å². The summed E-state index contributed by atoms with van der Waals surface area (Å²) in [5.41, 5.74) is 1.06. The molecule has 0 aliphatic carbocycles. The maximum absolute atomic E-state index is 13.3. The largest absolute Gasteiger partial charge is 0.496 e. The summed E-state index contributed by atoms with van der Waals surface area (Å²) < 4.78 is 45.5. The maximum Gasteiger partial charge on any atom is 0.257 e. The van der Waals surface area contributed by atoms with Gasteiger partial charge in [0, 0.05) is 39.3 Å². The van der Waals surface area contributed by atoms with E-state index in [2.05, 4.69) is 5.32 Å². The van der Waals surface area contributed by atoms with Crippen molar-refractivity contribution in [2.45, 2.75) is 6.54 Å². The fourth-order valence-corrected chi connectivity index (χ4v) is 4.78. The molecule has 7 nitrogen and oxygen atoms in total. The smallest absolute Gasteiger partial charge is 0.257 e. The second-order valence-corrected chi connectivity index (χ2v) is 9.11. The summed E-state index contributed by atoms with van der Waals surface area (Å²) in [5, 5.41) is 3.13. The van der Waals surface area contributed by atoms with Crippen LogP contribution in [-0.2, 0) is 16.6 Å². The van der Waals surface area contributed by atoms with Crippen LogP contribution in [0.5, 0.6) is 5.75 Å². The monoisotopic (exact) mass is 435 g/mol. The van der Waals surface area contributed by atoms with E-state index in [-0.39, 0.29) is 30.6 Å². The lowest BCUT2D eigenvalue weighted by Gasteiger charge is -2.29. The third-order valence-corrected chi connectivity index (χ3v) is 6.85.